The van der Waals surface area contributed by atoms with Crippen molar-refractivity contribution < 1.29 is 14.3 Å². The summed E-state index contributed by atoms with van der Waals surface area (Å²) in [6.45, 7) is 7.73. The van der Waals surface area contributed by atoms with Crippen LogP contribution in [0, 0.1) is 17.7 Å². The zero-order valence-electron chi connectivity index (χ0n) is 23.4. The number of hydrogen-bond donors (Lipinski definition) is 1. The van der Waals surface area contributed by atoms with E-state index < -0.39 is 12.0 Å². The second kappa shape index (κ2) is 13.2. The van der Waals surface area contributed by atoms with Crippen LogP contribution in [-0.4, -0.2) is 77.2 Å². The number of carboxylic acids is 1. The number of likely N-dealkylation sites (tertiary alicyclic amines) is 2. The summed E-state index contributed by atoms with van der Waals surface area (Å²) in [5.41, 5.74) is 2.22. The third-order valence-electron chi connectivity index (χ3n) is 9.42. The minimum absolute atomic E-state index is 0.149. The van der Waals surface area contributed by atoms with Gasteiger partial charge in [0.1, 0.15) is 11.9 Å². The first kappa shape index (κ1) is 28.0. The topological polar surface area (TPSA) is 59.9 Å². The summed E-state index contributed by atoms with van der Waals surface area (Å²) in [5, 5.41) is 10.3. The Labute approximate surface area is 233 Å². The van der Waals surface area contributed by atoms with Crippen LogP contribution >= 0.6 is 0 Å². The fourth-order valence-electron chi connectivity index (χ4n) is 7.57. The van der Waals surface area contributed by atoms with Gasteiger partial charge in [-0.3, -0.25) is 14.7 Å². The summed E-state index contributed by atoms with van der Waals surface area (Å²) >= 11 is 0. The predicted octanol–water partition coefficient (Wildman–Crippen LogP) is 5.65. The molecule has 3 aliphatic rings. The quantitative estimate of drug-likeness (QED) is 0.424. The molecular formula is C32H45FN4O2. The number of aliphatic carboxylic acids is 1. The minimum atomic E-state index is -0.687. The normalized spacial score (nSPS) is 24.6. The molecular weight excluding hydrogens is 491 g/mol. The zero-order chi connectivity index (χ0) is 27.2. The summed E-state index contributed by atoms with van der Waals surface area (Å²) in [5.74, 6) is -0.239. The van der Waals surface area contributed by atoms with Crippen molar-refractivity contribution in [2.24, 2.45) is 11.8 Å². The molecule has 2 saturated heterocycles. The van der Waals surface area contributed by atoms with Crippen LogP contribution in [0.25, 0.3) is 0 Å². The third kappa shape index (κ3) is 6.80. The van der Waals surface area contributed by atoms with Crippen LogP contribution in [0.2, 0.25) is 0 Å². The lowest BCUT2D eigenvalue weighted by atomic mass is 9.83. The van der Waals surface area contributed by atoms with E-state index >= 15 is 0 Å². The molecule has 1 aromatic heterocycles. The molecule has 1 N–H and O–H groups in total. The molecule has 3 fully saturated rings. The Morgan fingerprint density at radius 1 is 1.10 bits per heavy atom. The van der Waals surface area contributed by atoms with Gasteiger partial charge in [0.25, 0.3) is 0 Å². The molecule has 0 radical (unpaired) electrons. The summed E-state index contributed by atoms with van der Waals surface area (Å²) in [7, 11) is 0. The van der Waals surface area contributed by atoms with Gasteiger partial charge in [-0.1, -0.05) is 38.3 Å². The summed E-state index contributed by atoms with van der Waals surface area (Å²) in [6.07, 6.45) is 12.6. The van der Waals surface area contributed by atoms with Gasteiger partial charge in [-0.2, -0.15) is 0 Å². The molecule has 1 aromatic carbocycles. The van der Waals surface area contributed by atoms with Gasteiger partial charge in [0.05, 0.1) is 11.9 Å². The molecule has 7 heteroatoms. The van der Waals surface area contributed by atoms with Crippen LogP contribution in [0.3, 0.4) is 0 Å². The number of rotatable bonds is 10. The fourth-order valence-corrected chi connectivity index (χ4v) is 7.57. The highest BCUT2D eigenvalue weighted by Gasteiger charge is 2.43. The molecule has 6 nitrogen and oxygen atoms in total. The number of hydrogen-bond acceptors (Lipinski definition) is 5. The van der Waals surface area contributed by atoms with Crippen molar-refractivity contribution in [3.63, 3.8) is 0 Å². The number of aromatic nitrogens is 1. The van der Waals surface area contributed by atoms with Gasteiger partial charge >= 0.3 is 5.97 Å². The summed E-state index contributed by atoms with van der Waals surface area (Å²) in [6, 6.07) is 11.3. The molecule has 1 aliphatic carbocycles. The Hall–Kier alpha value is -2.51. The van der Waals surface area contributed by atoms with Crippen LogP contribution in [-0.2, 0) is 4.79 Å². The minimum Gasteiger partial charge on any atom is -0.480 e. The number of carbonyl (C=O) groups is 1. The molecule has 39 heavy (non-hydrogen) atoms. The van der Waals surface area contributed by atoms with Gasteiger partial charge in [0.2, 0.25) is 0 Å². The van der Waals surface area contributed by atoms with Crippen LogP contribution < -0.4 is 4.90 Å². The molecule has 2 aromatic rings. The van der Waals surface area contributed by atoms with E-state index in [0.717, 1.165) is 83.2 Å². The molecule has 212 valence electrons. The van der Waals surface area contributed by atoms with Crippen molar-refractivity contribution in [1.82, 2.24) is 14.8 Å². The maximum Gasteiger partial charge on any atom is 0.321 e. The van der Waals surface area contributed by atoms with Crippen LogP contribution in [0.15, 0.2) is 48.8 Å². The summed E-state index contributed by atoms with van der Waals surface area (Å²) < 4.78 is 14.3. The second-order valence-electron chi connectivity index (χ2n) is 12.0. The Morgan fingerprint density at radius 3 is 2.56 bits per heavy atom. The zero-order valence-corrected chi connectivity index (χ0v) is 23.4. The third-order valence-corrected chi connectivity index (χ3v) is 9.42. The van der Waals surface area contributed by atoms with Gasteiger partial charge in [-0.25, -0.2) is 4.39 Å². The molecule has 0 bridgehead atoms. The van der Waals surface area contributed by atoms with Crippen LogP contribution in [0.5, 0.6) is 0 Å². The largest absolute Gasteiger partial charge is 0.480 e. The number of carboxylic acid groups (broad SMARTS) is 1. The molecule has 2 aliphatic heterocycles. The monoisotopic (exact) mass is 536 g/mol. The lowest BCUT2D eigenvalue weighted by Crippen LogP contribution is -2.48. The van der Waals surface area contributed by atoms with Crippen LogP contribution in [0.1, 0.15) is 69.8 Å². The Morgan fingerprint density at radius 2 is 1.90 bits per heavy atom. The van der Waals surface area contributed by atoms with E-state index in [2.05, 4.69) is 32.7 Å². The van der Waals surface area contributed by atoms with Crippen LogP contribution in [0.4, 0.5) is 10.1 Å². The first-order chi connectivity index (χ1) is 19.0. The van der Waals surface area contributed by atoms with Gasteiger partial charge in [-0.15, -0.1) is 0 Å². The maximum atomic E-state index is 14.3. The molecule has 3 heterocycles. The molecule has 0 spiro atoms. The molecule has 0 amide bonds. The maximum absolute atomic E-state index is 14.3. The number of halogens is 1. The molecule has 3 atom stereocenters. The van der Waals surface area contributed by atoms with Crippen molar-refractivity contribution in [3.8, 4) is 0 Å². The first-order valence-electron chi connectivity index (χ1n) is 15.1. The van der Waals surface area contributed by atoms with Gasteiger partial charge < -0.3 is 14.9 Å². The highest BCUT2D eigenvalue weighted by molar-refractivity contribution is 5.74. The van der Waals surface area contributed by atoms with Crippen molar-refractivity contribution >= 4 is 11.7 Å². The van der Waals surface area contributed by atoms with Crippen molar-refractivity contribution in [1.29, 1.82) is 0 Å². The fraction of sp³-hybridized carbons (Fsp3) is 0.625. The first-order valence-corrected chi connectivity index (χ1v) is 15.1. The standard InChI is InChI=1S/C32H45FN4O2/c1-2-16-37(29-12-7-15-34-20-29)28-13-17-35(18-14-28)21-26-22-36(23-30(26)25-10-6-11-27(33)19-25)31(32(38)39)24-8-4-3-5-9-24/h6-7,10-12,15,19-20,24,26,28,30-31H,2-5,8-9,13-14,16-18,21-23H2,1H3,(H,38,39)/t26-,30+,31+/m0/s1. The number of piperidine rings is 1. The Balaban J connectivity index is 1.28. The number of pyridine rings is 1. The van der Waals surface area contributed by atoms with E-state index in [4.69, 9.17) is 0 Å². The summed E-state index contributed by atoms with van der Waals surface area (Å²) in [4.78, 5) is 24.2. The highest BCUT2D eigenvalue weighted by Crippen LogP contribution is 2.39. The molecule has 5 rings (SSSR count). The lowest BCUT2D eigenvalue weighted by molar-refractivity contribution is -0.145. The Kier molecular flexibility index (Phi) is 9.51. The van der Waals surface area contributed by atoms with Gasteiger partial charge in [0.15, 0.2) is 0 Å². The van der Waals surface area contributed by atoms with E-state index in [-0.39, 0.29) is 17.7 Å². The molecule has 1 saturated carbocycles. The highest BCUT2D eigenvalue weighted by atomic mass is 19.1. The smallest absolute Gasteiger partial charge is 0.321 e. The van der Waals surface area contributed by atoms with E-state index in [1.54, 1.807) is 12.1 Å². The van der Waals surface area contributed by atoms with E-state index in [1.807, 2.05) is 24.5 Å². The van der Waals surface area contributed by atoms with Crippen molar-refractivity contribution in [3.05, 3.63) is 60.2 Å². The molecule has 0 unspecified atom stereocenters. The average molecular weight is 537 g/mol. The van der Waals surface area contributed by atoms with Gasteiger partial charge in [-0.05, 0) is 73.8 Å². The number of anilines is 1. The van der Waals surface area contributed by atoms with E-state index in [1.165, 1.54) is 18.2 Å². The average Bonchev–Trinajstić information content (AvgIpc) is 3.36. The lowest BCUT2D eigenvalue weighted by Gasteiger charge is -2.40. The SMILES string of the molecule is CCCN(c1cccnc1)C1CCN(C[C@H]2CN([C@@H](C(=O)O)C3CCCCC3)C[C@@H]2c2cccc(F)c2)CC1. The van der Waals surface area contributed by atoms with Gasteiger partial charge in [0, 0.05) is 57.4 Å². The Bertz CT molecular complexity index is 1060. The van der Waals surface area contributed by atoms with Crippen molar-refractivity contribution in [2.45, 2.75) is 76.3 Å². The van der Waals surface area contributed by atoms with Crippen molar-refractivity contribution in [2.75, 3.05) is 44.2 Å². The van der Waals surface area contributed by atoms with E-state index in [9.17, 15) is 14.3 Å². The van der Waals surface area contributed by atoms with E-state index in [0.29, 0.717) is 18.5 Å². The predicted molar refractivity (Wildman–Crippen MR) is 154 cm³/mol. The number of benzene rings is 1. The second-order valence-corrected chi connectivity index (χ2v) is 12.0. The number of nitrogens with zero attached hydrogens (tertiary/aromatic N) is 4.